The quantitative estimate of drug-likeness (QED) is 0.752. The fraction of sp³-hybridized carbons (Fsp3) is 0.476. The Kier molecular flexibility index (Phi) is 6.72. The molecule has 6 nitrogen and oxygen atoms in total. The number of carboxylic acids is 1. The van der Waals surface area contributed by atoms with Crippen molar-refractivity contribution in [2.75, 3.05) is 32.9 Å². The van der Waals surface area contributed by atoms with E-state index in [1.807, 2.05) is 6.08 Å². The van der Waals surface area contributed by atoms with Gasteiger partial charge in [-0.1, -0.05) is 12.1 Å². The molecule has 0 spiro atoms. The third kappa shape index (κ3) is 4.79. The number of nitrogens with zero attached hydrogens (tertiary/aromatic N) is 2. The summed E-state index contributed by atoms with van der Waals surface area (Å²) in [7, 11) is 0. The van der Waals surface area contributed by atoms with Crippen LogP contribution in [0.5, 0.6) is 0 Å². The van der Waals surface area contributed by atoms with E-state index in [-0.39, 0.29) is 30.8 Å². The number of ether oxygens (including phenoxy) is 2. The Morgan fingerprint density at radius 1 is 1.23 bits per heavy atom. The highest BCUT2D eigenvalue weighted by atomic mass is 19.4. The van der Waals surface area contributed by atoms with Crippen molar-refractivity contribution in [1.82, 2.24) is 9.80 Å². The van der Waals surface area contributed by atoms with E-state index in [1.54, 1.807) is 18.7 Å². The predicted octanol–water partition coefficient (Wildman–Crippen LogP) is 3.46. The van der Waals surface area contributed by atoms with Gasteiger partial charge in [-0.05, 0) is 43.2 Å². The first-order valence-electron chi connectivity index (χ1n) is 9.76. The zero-order chi connectivity index (χ0) is 21.9. The summed E-state index contributed by atoms with van der Waals surface area (Å²) in [6.45, 7) is 6.37. The first kappa shape index (κ1) is 22.2. The second-order valence-electron chi connectivity index (χ2n) is 7.15. The van der Waals surface area contributed by atoms with Crippen molar-refractivity contribution in [2.24, 2.45) is 0 Å². The van der Waals surface area contributed by atoms with E-state index in [2.05, 4.69) is 4.90 Å². The molecule has 164 valence electrons. The van der Waals surface area contributed by atoms with Crippen LogP contribution in [0.4, 0.5) is 13.2 Å². The van der Waals surface area contributed by atoms with Crippen LogP contribution < -0.4 is 0 Å². The minimum Gasteiger partial charge on any atom is -0.479 e. The van der Waals surface area contributed by atoms with Crippen molar-refractivity contribution in [3.8, 4) is 0 Å². The molecule has 9 heteroatoms. The Balaban J connectivity index is 1.98. The van der Waals surface area contributed by atoms with E-state index in [4.69, 9.17) is 9.47 Å². The summed E-state index contributed by atoms with van der Waals surface area (Å²) >= 11 is 0. The smallest absolute Gasteiger partial charge is 0.416 e. The van der Waals surface area contributed by atoms with Gasteiger partial charge in [-0.2, -0.15) is 13.2 Å². The maximum Gasteiger partial charge on any atom is 0.416 e. The molecule has 2 aliphatic rings. The molecule has 0 radical (unpaired) electrons. The monoisotopic (exact) mass is 426 g/mol. The second kappa shape index (κ2) is 9.09. The molecular weight excluding hydrogens is 401 g/mol. The molecule has 0 saturated carbocycles. The Morgan fingerprint density at radius 2 is 1.87 bits per heavy atom. The van der Waals surface area contributed by atoms with Crippen molar-refractivity contribution < 1.29 is 32.5 Å². The van der Waals surface area contributed by atoms with Crippen LogP contribution >= 0.6 is 0 Å². The number of aliphatic carboxylic acids is 1. The lowest BCUT2D eigenvalue weighted by molar-refractivity contribution is -0.137. The van der Waals surface area contributed by atoms with E-state index in [1.165, 1.54) is 12.1 Å². The number of halogens is 3. The molecule has 0 aliphatic carbocycles. The fourth-order valence-electron chi connectivity index (χ4n) is 3.69. The molecule has 1 N–H and O–H groups in total. The third-order valence-electron chi connectivity index (χ3n) is 5.14. The van der Waals surface area contributed by atoms with Crippen LogP contribution in [-0.2, 0) is 27.0 Å². The molecule has 1 aromatic carbocycles. The molecule has 1 aromatic rings. The lowest BCUT2D eigenvalue weighted by Crippen LogP contribution is -2.53. The molecule has 0 bridgehead atoms. The molecule has 1 saturated heterocycles. The minimum absolute atomic E-state index is 0.0632. The number of benzene rings is 1. The highest BCUT2D eigenvalue weighted by molar-refractivity contribution is 5.92. The lowest BCUT2D eigenvalue weighted by atomic mass is 10.0. The van der Waals surface area contributed by atoms with Crippen LogP contribution in [0.1, 0.15) is 25.0 Å². The van der Waals surface area contributed by atoms with Crippen LogP contribution in [0.25, 0.3) is 0 Å². The summed E-state index contributed by atoms with van der Waals surface area (Å²) in [4.78, 5) is 15.9. The first-order chi connectivity index (χ1) is 14.2. The van der Waals surface area contributed by atoms with E-state index >= 15 is 0 Å². The van der Waals surface area contributed by atoms with Gasteiger partial charge in [-0.3, -0.25) is 4.90 Å². The normalized spacial score (nSPS) is 20.9. The minimum atomic E-state index is -4.41. The molecule has 30 heavy (non-hydrogen) atoms. The van der Waals surface area contributed by atoms with Crippen molar-refractivity contribution in [1.29, 1.82) is 0 Å². The summed E-state index contributed by atoms with van der Waals surface area (Å²) in [6, 6.07) is 4.89. The van der Waals surface area contributed by atoms with Gasteiger partial charge in [0.1, 0.15) is 11.7 Å². The lowest BCUT2D eigenvalue weighted by Gasteiger charge is -2.44. The summed E-state index contributed by atoms with van der Waals surface area (Å²) < 4.78 is 49.9. The van der Waals surface area contributed by atoms with Crippen LogP contribution in [0.2, 0.25) is 0 Å². The van der Waals surface area contributed by atoms with Gasteiger partial charge in [0, 0.05) is 19.6 Å². The molecule has 0 amide bonds. The van der Waals surface area contributed by atoms with Gasteiger partial charge in [0.15, 0.2) is 0 Å². The standard InChI is InChI=1S/C21H25F3N2O4/c1-3-30-19-18(20(27)28)14(2)12-17(25-8-10-29-11-9-25)26(19)13-15-4-6-16(7-5-15)21(22,23)24/h4-7,12,17H,3,8-11,13H2,1-2H3,(H,27,28). The second-order valence-corrected chi connectivity index (χ2v) is 7.15. The molecule has 3 rings (SSSR count). The average Bonchev–Trinajstić information content (AvgIpc) is 2.70. The van der Waals surface area contributed by atoms with E-state index < -0.39 is 17.7 Å². The Morgan fingerprint density at radius 3 is 2.40 bits per heavy atom. The molecule has 2 heterocycles. The highest BCUT2D eigenvalue weighted by Crippen LogP contribution is 2.33. The van der Waals surface area contributed by atoms with Gasteiger partial charge in [0.25, 0.3) is 0 Å². The molecule has 1 fully saturated rings. The van der Waals surface area contributed by atoms with E-state index in [0.717, 1.165) is 12.1 Å². The number of morpholine rings is 1. The predicted molar refractivity (Wildman–Crippen MR) is 103 cm³/mol. The van der Waals surface area contributed by atoms with Crippen LogP contribution in [0.3, 0.4) is 0 Å². The highest BCUT2D eigenvalue weighted by Gasteiger charge is 2.36. The number of rotatable bonds is 6. The van der Waals surface area contributed by atoms with Crippen molar-refractivity contribution in [3.63, 3.8) is 0 Å². The van der Waals surface area contributed by atoms with Gasteiger partial charge in [0.2, 0.25) is 5.88 Å². The summed E-state index contributed by atoms with van der Waals surface area (Å²) in [5.74, 6) is -0.883. The Labute approximate surface area is 173 Å². The summed E-state index contributed by atoms with van der Waals surface area (Å²) in [5, 5.41) is 9.75. The third-order valence-corrected chi connectivity index (χ3v) is 5.14. The number of carbonyl (C=O) groups is 1. The number of carboxylic acid groups (broad SMARTS) is 1. The van der Waals surface area contributed by atoms with Gasteiger partial charge in [-0.15, -0.1) is 0 Å². The maximum absolute atomic E-state index is 12.9. The topological polar surface area (TPSA) is 62.2 Å². The number of alkyl halides is 3. The van der Waals surface area contributed by atoms with Gasteiger partial charge < -0.3 is 19.5 Å². The zero-order valence-electron chi connectivity index (χ0n) is 16.9. The van der Waals surface area contributed by atoms with Crippen molar-refractivity contribution >= 4 is 5.97 Å². The Bertz CT molecular complexity index is 828. The van der Waals surface area contributed by atoms with E-state index in [0.29, 0.717) is 37.4 Å². The maximum atomic E-state index is 12.9. The van der Waals surface area contributed by atoms with Crippen molar-refractivity contribution in [3.05, 3.63) is 58.5 Å². The fourth-order valence-corrected chi connectivity index (χ4v) is 3.69. The SMILES string of the molecule is CCOC1=C(C(=O)O)C(C)=CC(N2CCOCC2)N1Cc1ccc(C(F)(F)F)cc1. The van der Waals surface area contributed by atoms with Crippen LogP contribution in [-0.4, -0.2) is 60.0 Å². The first-order valence-corrected chi connectivity index (χ1v) is 9.76. The Hall–Kier alpha value is -2.52. The molecular formula is C21H25F3N2O4. The van der Waals surface area contributed by atoms with Gasteiger partial charge in [0.05, 0.1) is 25.4 Å². The largest absolute Gasteiger partial charge is 0.479 e. The number of hydrogen-bond donors (Lipinski definition) is 1. The number of hydrogen-bond acceptors (Lipinski definition) is 5. The summed E-state index contributed by atoms with van der Waals surface area (Å²) in [5.41, 5.74) is 0.549. The average molecular weight is 426 g/mol. The van der Waals surface area contributed by atoms with Crippen LogP contribution in [0.15, 0.2) is 47.4 Å². The van der Waals surface area contributed by atoms with Gasteiger partial charge >= 0.3 is 12.1 Å². The molecule has 1 atom stereocenters. The van der Waals surface area contributed by atoms with Crippen LogP contribution in [0, 0.1) is 0 Å². The van der Waals surface area contributed by atoms with E-state index in [9.17, 15) is 23.1 Å². The molecule has 0 aromatic heterocycles. The van der Waals surface area contributed by atoms with Crippen molar-refractivity contribution in [2.45, 2.75) is 32.7 Å². The summed E-state index contributed by atoms with van der Waals surface area (Å²) in [6.07, 6.45) is -2.84. The molecule has 1 unspecified atom stereocenters. The molecule has 2 aliphatic heterocycles. The van der Waals surface area contributed by atoms with Gasteiger partial charge in [-0.25, -0.2) is 4.79 Å². The zero-order valence-corrected chi connectivity index (χ0v) is 16.9.